The number of carbonyl (C=O) groups is 1. The van der Waals surface area contributed by atoms with Crippen LogP contribution in [0.5, 0.6) is 0 Å². The van der Waals surface area contributed by atoms with Crippen LogP contribution in [-0.4, -0.2) is 17.1 Å². The number of nitrogens with zero attached hydrogens (tertiary/aromatic N) is 2. The van der Waals surface area contributed by atoms with Crippen LogP contribution in [0.1, 0.15) is 29.6 Å². The lowest BCUT2D eigenvalue weighted by atomic mass is 9.96. The zero-order chi connectivity index (χ0) is 11.9. The highest BCUT2D eigenvalue weighted by Gasteiger charge is 2.07. The van der Waals surface area contributed by atoms with E-state index in [0.717, 1.165) is 19.3 Å². The van der Waals surface area contributed by atoms with E-state index in [1.807, 2.05) is 6.21 Å². The molecule has 4 nitrogen and oxygen atoms in total. The Bertz CT molecular complexity index is 426. The van der Waals surface area contributed by atoms with Crippen LogP contribution in [0.2, 0.25) is 0 Å². The van der Waals surface area contributed by atoms with E-state index in [-0.39, 0.29) is 5.91 Å². The zero-order valence-electron chi connectivity index (χ0n) is 9.54. The molecule has 0 saturated heterocycles. The molecule has 1 aliphatic rings. The van der Waals surface area contributed by atoms with Gasteiger partial charge in [0.2, 0.25) is 0 Å². The van der Waals surface area contributed by atoms with Crippen molar-refractivity contribution in [2.24, 2.45) is 11.0 Å². The maximum atomic E-state index is 11.6. The molecule has 17 heavy (non-hydrogen) atoms. The summed E-state index contributed by atoms with van der Waals surface area (Å²) in [6, 6.07) is 3.44. The third kappa shape index (κ3) is 3.52. The summed E-state index contributed by atoms with van der Waals surface area (Å²) in [6.45, 7) is 0. The molecule has 0 spiro atoms. The van der Waals surface area contributed by atoms with Crippen molar-refractivity contribution in [1.29, 1.82) is 0 Å². The lowest BCUT2D eigenvalue weighted by molar-refractivity contribution is 0.0954. The SMILES string of the molecule is O=C(N/N=C\[C@H]1CC=CCC1)c1cccnc1. The van der Waals surface area contributed by atoms with Crippen molar-refractivity contribution in [3.63, 3.8) is 0 Å². The smallest absolute Gasteiger partial charge is 0.267 e. The highest BCUT2D eigenvalue weighted by atomic mass is 16.2. The summed E-state index contributed by atoms with van der Waals surface area (Å²) in [5.41, 5.74) is 3.03. The number of pyridine rings is 1. The van der Waals surface area contributed by atoms with Gasteiger partial charge in [0.1, 0.15) is 0 Å². The first-order valence-electron chi connectivity index (χ1n) is 5.75. The van der Waals surface area contributed by atoms with Crippen LogP contribution in [0.15, 0.2) is 41.8 Å². The number of hydrogen-bond acceptors (Lipinski definition) is 3. The van der Waals surface area contributed by atoms with Crippen LogP contribution in [0.25, 0.3) is 0 Å². The molecule has 1 aromatic heterocycles. The summed E-state index contributed by atoms with van der Waals surface area (Å²) in [4.78, 5) is 15.5. The molecular formula is C13H15N3O. The van der Waals surface area contributed by atoms with Crippen molar-refractivity contribution in [2.75, 3.05) is 0 Å². The van der Waals surface area contributed by atoms with E-state index >= 15 is 0 Å². The van der Waals surface area contributed by atoms with Gasteiger partial charge in [-0.05, 0) is 37.3 Å². The minimum atomic E-state index is -0.222. The van der Waals surface area contributed by atoms with Gasteiger partial charge in [-0.3, -0.25) is 9.78 Å². The Kier molecular flexibility index (Phi) is 4.02. The summed E-state index contributed by atoms with van der Waals surface area (Å²) in [5.74, 6) is 0.217. The Morgan fingerprint density at radius 2 is 2.47 bits per heavy atom. The van der Waals surface area contributed by atoms with Gasteiger partial charge in [0.25, 0.3) is 5.91 Å². The molecular weight excluding hydrogens is 214 g/mol. The second-order valence-electron chi connectivity index (χ2n) is 4.01. The van der Waals surface area contributed by atoms with Crippen molar-refractivity contribution in [2.45, 2.75) is 19.3 Å². The molecule has 1 amide bonds. The maximum absolute atomic E-state index is 11.6. The molecule has 1 heterocycles. The van der Waals surface area contributed by atoms with Crippen molar-refractivity contribution in [3.8, 4) is 0 Å². The fourth-order valence-corrected chi connectivity index (χ4v) is 1.72. The lowest BCUT2D eigenvalue weighted by Gasteiger charge is -2.11. The van der Waals surface area contributed by atoms with Crippen LogP contribution in [0.3, 0.4) is 0 Å². The normalized spacial score (nSPS) is 19.4. The number of allylic oxidation sites excluding steroid dienone is 2. The number of hydrogen-bond donors (Lipinski definition) is 1. The summed E-state index contributed by atoms with van der Waals surface area (Å²) in [5, 5.41) is 3.99. The van der Waals surface area contributed by atoms with Crippen LogP contribution in [-0.2, 0) is 0 Å². The second-order valence-corrected chi connectivity index (χ2v) is 4.01. The number of amides is 1. The molecule has 1 aliphatic carbocycles. The quantitative estimate of drug-likeness (QED) is 0.490. The number of nitrogens with one attached hydrogen (secondary N) is 1. The van der Waals surface area contributed by atoms with E-state index in [9.17, 15) is 4.79 Å². The zero-order valence-corrected chi connectivity index (χ0v) is 9.54. The second kappa shape index (κ2) is 5.94. The summed E-state index contributed by atoms with van der Waals surface area (Å²) >= 11 is 0. The maximum Gasteiger partial charge on any atom is 0.272 e. The van der Waals surface area contributed by atoms with Gasteiger partial charge >= 0.3 is 0 Å². The third-order valence-electron chi connectivity index (χ3n) is 2.68. The Hall–Kier alpha value is -1.97. The molecule has 0 aromatic carbocycles. The highest BCUT2D eigenvalue weighted by molar-refractivity contribution is 5.93. The molecule has 0 saturated carbocycles. The van der Waals surface area contributed by atoms with Crippen molar-refractivity contribution in [3.05, 3.63) is 42.2 Å². The van der Waals surface area contributed by atoms with Gasteiger partial charge in [0, 0.05) is 18.6 Å². The lowest BCUT2D eigenvalue weighted by Crippen LogP contribution is -2.18. The van der Waals surface area contributed by atoms with Crippen molar-refractivity contribution in [1.82, 2.24) is 10.4 Å². The standard InChI is InChI=1S/C13H15N3O/c17-13(12-7-4-8-14-10-12)16-15-9-11-5-2-1-3-6-11/h1-2,4,7-11H,3,5-6H2,(H,16,17)/b15-9-/t11-/m0/s1. The molecule has 0 unspecified atom stereocenters. The number of carbonyl (C=O) groups excluding carboxylic acids is 1. The Morgan fingerprint density at radius 3 is 3.18 bits per heavy atom. The largest absolute Gasteiger partial charge is 0.272 e. The number of aromatic nitrogens is 1. The van der Waals surface area contributed by atoms with E-state index in [0.29, 0.717) is 11.5 Å². The van der Waals surface area contributed by atoms with E-state index < -0.39 is 0 Å². The van der Waals surface area contributed by atoms with Crippen molar-refractivity contribution >= 4 is 12.1 Å². The minimum Gasteiger partial charge on any atom is -0.267 e. The Balaban J connectivity index is 1.84. The molecule has 0 aliphatic heterocycles. The highest BCUT2D eigenvalue weighted by Crippen LogP contribution is 2.15. The van der Waals surface area contributed by atoms with Gasteiger partial charge < -0.3 is 0 Å². The first kappa shape index (κ1) is 11.5. The summed E-state index contributed by atoms with van der Waals surface area (Å²) in [7, 11) is 0. The molecule has 88 valence electrons. The van der Waals surface area contributed by atoms with E-state index in [1.54, 1.807) is 18.3 Å². The van der Waals surface area contributed by atoms with Gasteiger partial charge in [0.15, 0.2) is 0 Å². The minimum absolute atomic E-state index is 0.222. The van der Waals surface area contributed by atoms with Gasteiger partial charge in [-0.15, -0.1) is 0 Å². The fraction of sp³-hybridized carbons (Fsp3) is 0.308. The van der Waals surface area contributed by atoms with Gasteiger partial charge in [-0.25, -0.2) is 5.43 Å². The van der Waals surface area contributed by atoms with E-state index in [2.05, 4.69) is 27.7 Å². The van der Waals surface area contributed by atoms with Crippen LogP contribution >= 0.6 is 0 Å². The first-order chi connectivity index (χ1) is 8.36. The topological polar surface area (TPSA) is 54.4 Å². The first-order valence-corrected chi connectivity index (χ1v) is 5.75. The average molecular weight is 229 g/mol. The molecule has 0 bridgehead atoms. The third-order valence-corrected chi connectivity index (χ3v) is 2.68. The monoisotopic (exact) mass is 229 g/mol. The number of hydrazone groups is 1. The summed E-state index contributed by atoms with van der Waals surface area (Å²) in [6.07, 6.45) is 12.5. The van der Waals surface area contributed by atoms with Gasteiger partial charge in [-0.2, -0.15) is 5.10 Å². The molecule has 4 heteroatoms. The van der Waals surface area contributed by atoms with Crippen LogP contribution < -0.4 is 5.43 Å². The van der Waals surface area contributed by atoms with Gasteiger partial charge in [0.05, 0.1) is 5.56 Å². The molecule has 1 aromatic rings. The van der Waals surface area contributed by atoms with E-state index in [1.165, 1.54) is 6.20 Å². The Morgan fingerprint density at radius 1 is 1.53 bits per heavy atom. The summed E-state index contributed by atoms with van der Waals surface area (Å²) < 4.78 is 0. The van der Waals surface area contributed by atoms with Crippen LogP contribution in [0.4, 0.5) is 0 Å². The predicted octanol–water partition coefficient (Wildman–Crippen LogP) is 2.15. The molecule has 1 atom stereocenters. The molecule has 0 radical (unpaired) electrons. The number of rotatable bonds is 3. The Labute approximate surface area is 100 Å². The molecule has 2 rings (SSSR count). The molecule has 0 fully saturated rings. The van der Waals surface area contributed by atoms with Crippen molar-refractivity contribution < 1.29 is 4.79 Å². The van der Waals surface area contributed by atoms with Crippen LogP contribution in [0, 0.1) is 5.92 Å². The predicted molar refractivity (Wildman–Crippen MR) is 66.7 cm³/mol. The van der Waals surface area contributed by atoms with Gasteiger partial charge in [-0.1, -0.05) is 12.2 Å². The van der Waals surface area contributed by atoms with E-state index in [4.69, 9.17) is 0 Å². The average Bonchev–Trinajstić information content (AvgIpc) is 2.41. The fourth-order valence-electron chi connectivity index (χ4n) is 1.72. The molecule has 1 N–H and O–H groups in total.